The van der Waals surface area contributed by atoms with Crippen LogP contribution in [0.5, 0.6) is 0 Å². The van der Waals surface area contributed by atoms with E-state index in [0.29, 0.717) is 0 Å². The van der Waals surface area contributed by atoms with Crippen LogP contribution in [0.3, 0.4) is 0 Å². The van der Waals surface area contributed by atoms with Gasteiger partial charge in [-0.05, 0) is 18.1 Å². The fourth-order valence-electron chi connectivity index (χ4n) is 2.53. The van der Waals surface area contributed by atoms with Crippen LogP contribution in [0, 0.1) is 0 Å². The fraction of sp³-hybridized carbons (Fsp3) is 0.312. The lowest BCUT2D eigenvalue weighted by atomic mass is 10.1. The Morgan fingerprint density at radius 3 is 2.65 bits per heavy atom. The maximum absolute atomic E-state index is 12.1. The highest BCUT2D eigenvalue weighted by Gasteiger charge is 2.21. The Morgan fingerprint density at radius 2 is 2.00 bits per heavy atom. The molecule has 0 aliphatic rings. The SMILES string of the molecule is Cn1cc(CC(=O)N[C@@H](CCC(N)=O)C(=O)O)c2ccccc21. The monoisotopic (exact) mass is 317 g/mol. The van der Waals surface area contributed by atoms with Gasteiger partial charge in [0.25, 0.3) is 0 Å². The van der Waals surface area contributed by atoms with Gasteiger partial charge < -0.3 is 20.7 Å². The van der Waals surface area contributed by atoms with Crippen LogP contribution in [0.1, 0.15) is 18.4 Å². The number of fused-ring (bicyclic) bond motifs is 1. The Morgan fingerprint density at radius 1 is 1.30 bits per heavy atom. The summed E-state index contributed by atoms with van der Waals surface area (Å²) in [6, 6.07) is 6.54. The van der Waals surface area contributed by atoms with Gasteiger partial charge in [-0.3, -0.25) is 9.59 Å². The predicted molar refractivity (Wildman–Crippen MR) is 84.6 cm³/mol. The molecule has 23 heavy (non-hydrogen) atoms. The molecule has 4 N–H and O–H groups in total. The summed E-state index contributed by atoms with van der Waals surface area (Å²) in [5.41, 5.74) is 6.83. The molecule has 2 amide bonds. The zero-order valence-electron chi connectivity index (χ0n) is 12.8. The number of carbonyl (C=O) groups is 3. The first-order valence-electron chi connectivity index (χ1n) is 7.22. The van der Waals surface area contributed by atoms with E-state index in [4.69, 9.17) is 10.8 Å². The van der Waals surface area contributed by atoms with E-state index in [2.05, 4.69) is 5.32 Å². The lowest BCUT2D eigenvalue weighted by Gasteiger charge is -2.13. The maximum Gasteiger partial charge on any atom is 0.326 e. The molecule has 0 aliphatic heterocycles. The number of carbonyl (C=O) groups excluding carboxylic acids is 2. The average molecular weight is 317 g/mol. The molecule has 1 atom stereocenters. The van der Waals surface area contributed by atoms with E-state index >= 15 is 0 Å². The van der Waals surface area contributed by atoms with Gasteiger partial charge in [0.2, 0.25) is 11.8 Å². The van der Waals surface area contributed by atoms with Crippen LogP contribution in [0.25, 0.3) is 10.9 Å². The van der Waals surface area contributed by atoms with Crippen LogP contribution in [0.2, 0.25) is 0 Å². The van der Waals surface area contributed by atoms with Crippen LogP contribution in [0.4, 0.5) is 0 Å². The number of aromatic nitrogens is 1. The molecule has 2 aromatic rings. The number of aliphatic carboxylic acids is 1. The molecule has 7 heteroatoms. The molecule has 0 radical (unpaired) electrons. The van der Waals surface area contributed by atoms with Crippen molar-refractivity contribution in [3.63, 3.8) is 0 Å². The molecule has 122 valence electrons. The number of nitrogens with one attached hydrogen (secondary N) is 1. The van der Waals surface area contributed by atoms with Crippen molar-refractivity contribution < 1.29 is 19.5 Å². The zero-order valence-corrected chi connectivity index (χ0v) is 12.8. The topological polar surface area (TPSA) is 114 Å². The van der Waals surface area contributed by atoms with Crippen LogP contribution in [0.15, 0.2) is 30.5 Å². The van der Waals surface area contributed by atoms with Crippen molar-refractivity contribution in [2.75, 3.05) is 0 Å². The minimum atomic E-state index is -1.18. The third kappa shape index (κ3) is 4.09. The third-order valence-electron chi connectivity index (χ3n) is 3.64. The van der Waals surface area contributed by atoms with Gasteiger partial charge in [-0.15, -0.1) is 0 Å². The zero-order chi connectivity index (χ0) is 17.0. The first-order chi connectivity index (χ1) is 10.9. The molecule has 1 aromatic heterocycles. The number of benzene rings is 1. The largest absolute Gasteiger partial charge is 0.480 e. The summed E-state index contributed by atoms with van der Waals surface area (Å²) in [5.74, 6) is -2.18. The second kappa shape index (κ2) is 6.95. The van der Waals surface area contributed by atoms with Crippen LogP contribution in [-0.2, 0) is 27.9 Å². The van der Waals surface area contributed by atoms with Crippen LogP contribution < -0.4 is 11.1 Å². The number of hydrogen-bond acceptors (Lipinski definition) is 3. The summed E-state index contributed by atoms with van der Waals surface area (Å²) < 4.78 is 1.92. The number of rotatable bonds is 7. The van der Waals surface area contributed by atoms with E-state index in [0.717, 1.165) is 16.5 Å². The van der Waals surface area contributed by atoms with Crippen molar-refractivity contribution in [3.8, 4) is 0 Å². The standard InChI is InChI=1S/C16H19N3O4/c1-19-9-10(11-4-2-3-5-13(11)19)8-15(21)18-12(16(22)23)6-7-14(17)20/h2-5,9,12H,6-8H2,1H3,(H2,17,20)(H,18,21)(H,22,23)/t12-/m0/s1. The number of aryl methyl sites for hydroxylation is 1. The molecule has 1 heterocycles. The van der Waals surface area contributed by atoms with E-state index in [1.807, 2.05) is 42.1 Å². The number of carboxylic acid groups (broad SMARTS) is 1. The van der Waals surface area contributed by atoms with Crippen molar-refractivity contribution in [3.05, 3.63) is 36.0 Å². The van der Waals surface area contributed by atoms with Gasteiger partial charge in [0, 0.05) is 30.6 Å². The number of amides is 2. The van der Waals surface area contributed by atoms with Gasteiger partial charge in [-0.1, -0.05) is 18.2 Å². The number of primary amides is 1. The Bertz CT molecular complexity index is 751. The van der Waals surface area contributed by atoms with E-state index in [1.165, 1.54) is 0 Å². The Labute approximate surface area is 133 Å². The van der Waals surface area contributed by atoms with Crippen LogP contribution >= 0.6 is 0 Å². The normalized spacial score (nSPS) is 12.0. The number of para-hydroxylation sites is 1. The van der Waals surface area contributed by atoms with Crippen molar-refractivity contribution >= 4 is 28.7 Å². The minimum absolute atomic E-state index is 0.0219. The lowest BCUT2D eigenvalue weighted by molar-refractivity contribution is -0.142. The van der Waals surface area contributed by atoms with Gasteiger partial charge in [0.1, 0.15) is 6.04 Å². The van der Waals surface area contributed by atoms with Gasteiger partial charge in [-0.25, -0.2) is 4.79 Å². The molecule has 0 unspecified atom stereocenters. The van der Waals surface area contributed by atoms with E-state index < -0.39 is 23.8 Å². The molecule has 0 saturated heterocycles. The third-order valence-corrected chi connectivity index (χ3v) is 3.64. The summed E-state index contributed by atoms with van der Waals surface area (Å²) in [7, 11) is 1.89. The van der Waals surface area contributed by atoms with Gasteiger partial charge in [-0.2, -0.15) is 0 Å². The molecular weight excluding hydrogens is 298 g/mol. The van der Waals surface area contributed by atoms with E-state index in [-0.39, 0.29) is 19.3 Å². The quantitative estimate of drug-likeness (QED) is 0.692. The first-order valence-corrected chi connectivity index (χ1v) is 7.22. The number of carboxylic acids is 1. The minimum Gasteiger partial charge on any atom is -0.480 e. The summed E-state index contributed by atoms with van der Waals surface area (Å²) >= 11 is 0. The van der Waals surface area contributed by atoms with Crippen molar-refractivity contribution in [2.24, 2.45) is 12.8 Å². The molecular formula is C16H19N3O4. The fourth-order valence-corrected chi connectivity index (χ4v) is 2.53. The number of hydrogen-bond donors (Lipinski definition) is 3. The molecule has 7 nitrogen and oxygen atoms in total. The second-order valence-electron chi connectivity index (χ2n) is 5.42. The molecule has 0 saturated carbocycles. The van der Waals surface area contributed by atoms with Gasteiger partial charge >= 0.3 is 5.97 Å². The molecule has 0 bridgehead atoms. The van der Waals surface area contributed by atoms with Crippen LogP contribution in [-0.4, -0.2) is 33.5 Å². The summed E-state index contributed by atoms with van der Waals surface area (Å²) in [6.45, 7) is 0. The number of nitrogens with two attached hydrogens (primary N) is 1. The van der Waals surface area contributed by atoms with Gasteiger partial charge in [0.05, 0.1) is 6.42 Å². The first kappa shape index (κ1) is 16.5. The summed E-state index contributed by atoms with van der Waals surface area (Å²) in [6.07, 6.45) is 1.81. The lowest BCUT2D eigenvalue weighted by Crippen LogP contribution is -2.42. The van der Waals surface area contributed by atoms with Crippen molar-refractivity contribution in [2.45, 2.75) is 25.3 Å². The molecule has 0 fully saturated rings. The Balaban J connectivity index is 2.08. The Kier molecular flexibility index (Phi) is 5.00. The van der Waals surface area contributed by atoms with E-state index in [9.17, 15) is 14.4 Å². The molecule has 0 aliphatic carbocycles. The summed E-state index contributed by atoms with van der Waals surface area (Å²) in [4.78, 5) is 34.0. The van der Waals surface area contributed by atoms with Gasteiger partial charge in [0.15, 0.2) is 0 Å². The second-order valence-corrected chi connectivity index (χ2v) is 5.42. The highest BCUT2D eigenvalue weighted by molar-refractivity contribution is 5.91. The highest BCUT2D eigenvalue weighted by Crippen LogP contribution is 2.20. The molecule has 0 spiro atoms. The predicted octanol–water partition coefficient (Wildman–Crippen LogP) is 0.556. The number of nitrogens with zero attached hydrogens (tertiary/aromatic N) is 1. The smallest absolute Gasteiger partial charge is 0.326 e. The molecule has 1 aromatic carbocycles. The van der Waals surface area contributed by atoms with Crippen molar-refractivity contribution in [1.29, 1.82) is 0 Å². The Hall–Kier alpha value is -2.83. The summed E-state index contributed by atoms with van der Waals surface area (Å²) in [5, 5.41) is 12.5. The van der Waals surface area contributed by atoms with E-state index in [1.54, 1.807) is 0 Å². The molecule has 2 rings (SSSR count). The average Bonchev–Trinajstić information content (AvgIpc) is 2.80. The van der Waals surface area contributed by atoms with Crippen molar-refractivity contribution in [1.82, 2.24) is 9.88 Å². The highest BCUT2D eigenvalue weighted by atomic mass is 16.4. The maximum atomic E-state index is 12.1.